The van der Waals surface area contributed by atoms with Crippen LogP contribution in [0.4, 0.5) is 0 Å². The summed E-state index contributed by atoms with van der Waals surface area (Å²) in [6.45, 7) is 3.62. The lowest BCUT2D eigenvalue weighted by molar-refractivity contribution is 0.109. The Kier molecular flexibility index (Phi) is 4.07. The average molecular weight is 286 g/mol. The quantitative estimate of drug-likeness (QED) is 0.766. The largest absolute Gasteiger partial charge is 0.440 e. The SMILES string of the molecule is CCC1CN(S(=O)(=O)c2ccc(C=O)o2)CCN1C. The summed E-state index contributed by atoms with van der Waals surface area (Å²) in [6.07, 6.45) is 1.39. The molecule has 0 aromatic carbocycles. The van der Waals surface area contributed by atoms with Crippen LogP contribution in [-0.2, 0) is 10.0 Å². The molecule has 1 aromatic heterocycles. The Bertz CT molecular complexity index is 552. The van der Waals surface area contributed by atoms with E-state index in [4.69, 9.17) is 4.42 Å². The number of hydrogen-bond donors (Lipinski definition) is 0. The summed E-state index contributed by atoms with van der Waals surface area (Å²) in [6, 6.07) is 2.91. The maximum absolute atomic E-state index is 12.4. The van der Waals surface area contributed by atoms with E-state index in [1.54, 1.807) is 0 Å². The Morgan fingerprint density at radius 1 is 1.42 bits per heavy atom. The molecule has 0 amide bonds. The molecule has 0 N–H and O–H groups in total. The molecule has 0 radical (unpaired) electrons. The topological polar surface area (TPSA) is 70.8 Å². The van der Waals surface area contributed by atoms with E-state index in [0.29, 0.717) is 25.9 Å². The molecular weight excluding hydrogens is 268 g/mol. The number of nitrogens with zero attached hydrogens (tertiary/aromatic N) is 2. The fourth-order valence-electron chi connectivity index (χ4n) is 2.24. The van der Waals surface area contributed by atoms with E-state index in [2.05, 4.69) is 4.90 Å². The molecular formula is C12H18N2O4S. The summed E-state index contributed by atoms with van der Waals surface area (Å²) in [4.78, 5) is 12.7. The van der Waals surface area contributed by atoms with Gasteiger partial charge in [-0.15, -0.1) is 0 Å². The number of sulfonamides is 1. The lowest BCUT2D eigenvalue weighted by atomic mass is 10.1. The zero-order valence-electron chi connectivity index (χ0n) is 11.1. The van der Waals surface area contributed by atoms with Crippen molar-refractivity contribution >= 4 is 16.3 Å². The van der Waals surface area contributed by atoms with Gasteiger partial charge < -0.3 is 9.32 Å². The lowest BCUT2D eigenvalue weighted by Crippen LogP contribution is -2.52. The van der Waals surface area contributed by atoms with E-state index in [9.17, 15) is 13.2 Å². The standard InChI is InChI=1S/C12H18N2O4S/c1-3-10-8-14(7-6-13(10)2)19(16,17)12-5-4-11(9-15)18-12/h4-5,9-10H,3,6-8H2,1-2H3. The van der Waals surface area contributed by atoms with Crippen molar-refractivity contribution in [3.63, 3.8) is 0 Å². The second-order valence-corrected chi connectivity index (χ2v) is 6.55. The summed E-state index contributed by atoms with van der Waals surface area (Å²) < 4.78 is 31.2. The molecule has 2 rings (SSSR count). The van der Waals surface area contributed by atoms with Crippen LogP contribution in [-0.4, -0.2) is 56.6 Å². The molecule has 0 saturated carbocycles. The lowest BCUT2D eigenvalue weighted by Gasteiger charge is -2.37. The highest BCUT2D eigenvalue weighted by Gasteiger charge is 2.33. The van der Waals surface area contributed by atoms with E-state index < -0.39 is 10.0 Å². The molecule has 1 fully saturated rings. The predicted octanol–water partition coefficient (Wildman–Crippen LogP) is 0.807. The van der Waals surface area contributed by atoms with Crippen LogP contribution in [0.1, 0.15) is 23.9 Å². The Hall–Kier alpha value is -1.18. The first-order valence-electron chi connectivity index (χ1n) is 6.24. The van der Waals surface area contributed by atoms with Crippen LogP contribution in [0.3, 0.4) is 0 Å². The molecule has 6 nitrogen and oxygen atoms in total. The molecule has 0 aliphatic carbocycles. The minimum absolute atomic E-state index is 0.0275. The van der Waals surface area contributed by atoms with Gasteiger partial charge in [-0.1, -0.05) is 6.92 Å². The molecule has 2 heterocycles. The molecule has 19 heavy (non-hydrogen) atoms. The van der Waals surface area contributed by atoms with Crippen LogP contribution in [0.25, 0.3) is 0 Å². The van der Waals surface area contributed by atoms with Crippen molar-refractivity contribution in [3.05, 3.63) is 17.9 Å². The van der Waals surface area contributed by atoms with Crippen molar-refractivity contribution in [2.24, 2.45) is 0 Å². The van der Waals surface area contributed by atoms with Gasteiger partial charge in [0.05, 0.1) is 0 Å². The second-order valence-electron chi connectivity index (χ2n) is 4.68. The van der Waals surface area contributed by atoms with E-state index in [-0.39, 0.29) is 16.9 Å². The summed E-state index contributed by atoms with van der Waals surface area (Å²) >= 11 is 0. The molecule has 0 spiro atoms. The zero-order chi connectivity index (χ0) is 14.0. The Labute approximate surface area is 113 Å². The number of furan rings is 1. The highest BCUT2D eigenvalue weighted by molar-refractivity contribution is 7.89. The second kappa shape index (κ2) is 5.44. The van der Waals surface area contributed by atoms with E-state index in [0.717, 1.165) is 6.42 Å². The van der Waals surface area contributed by atoms with Crippen LogP contribution in [0.5, 0.6) is 0 Å². The van der Waals surface area contributed by atoms with E-state index in [1.165, 1.54) is 16.4 Å². The van der Waals surface area contributed by atoms with Crippen molar-refractivity contribution in [3.8, 4) is 0 Å². The molecule has 1 saturated heterocycles. The van der Waals surface area contributed by atoms with Crippen LogP contribution in [0.2, 0.25) is 0 Å². The third kappa shape index (κ3) is 2.72. The first-order valence-corrected chi connectivity index (χ1v) is 7.68. The Morgan fingerprint density at radius 3 is 2.74 bits per heavy atom. The van der Waals surface area contributed by atoms with Crippen molar-refractivity contribution in [1.82, 2.24) is 9.21 Å². The predicted molar refractivity (Wildman–Crippen MR) is 69.6 cm³/mol. The summed E-state index contributed by atoms with van der Waals surface area (Å²) in [5.41, 5.74) is 0. The van der Waals surface area contributed by atoms with Crippen molar-refractivity contribution in [1.29, 1.82) is 0 Å². The number of carbonyl (C=O) groups excluding carboxylic acids is 1. The Balaban J connectivity index is 2.22. The third-order valence-corrected chi connectivity index (χ3v) is 5.26. The fourth-order valence-corrected chi connectivity index (χ4v) is 3.63. The number of rotatable bonds is 4. The number of aldehydes is 1. The molecule has 106 valence electrons. The van der Waals surface area contributed by atoms with Crippen molar-refractivity contribution in [2.75, 3.05) is 26.7 Å². The average Bonchev–Trinajstić information content (AvgIpc) is 2.88. The highest BCUT2D eigenvalue weighted by atomic mass is 32.2. The minimum atomic E-state index is -3.64. The minimum Gasteiger partial charge on any atom is -0.440 e. The van der Waals surface area contributed by atoms with Gasteiger partial charge in [0, 0.05) is 25.7 Å². The Morgan fingerprint density at radius 2 is 2.16 bits per heavy atom. The molecule has 1 aliphatic rings. The van der Waals surface area contributed by atoms with Gasteiger partial charge in [0.25, 0.3) is 10.0 Å². The van der Waals surface area contributed by atoms with Crippen LogP contribution >= 0.6 is 0 Å². The van der Waals surface area contributed by atoms with Gasteiger partial charge in [0.2, 0.25) is 5.09 Å². The maximum Gasteiger partial charge on any atom is 0.276 e. The third-order valence-electron chi connectivity index (χ3n) is 3.52. The van der Waals surface area contributed by atoms with Gasteiger partial charge in [0.1, 0.15) is 0 Å². The first kappa shape index (κ1) is 14.2. The molecule has 1 aromatic rings. The van der Waals surface area contributed by atoms with Gasteiger partial charge in [-0.3, -0.25) is 4.79 Å². The van der Waals surface area contributed by atoms with E-state index in [1.807, 2.05) is 14.0 Å². The number of likely N-dealkylation sites (N-methyl/N-ethyl adjacent to an activating group) is 1. The van der Waals surface area contributed by atoms with Crippen LogP contribution in [0.15, 0.2) is 21.6 Å². The van der Waals surface area contributed by atoms with Gasteiger partial charge in [-0.2, -0.15) is 4.31 Å². The highest BCUT2D eigenvalue weighted by Crippen LogP contribution is 2.21. The smallest absolute Gasteiger partial charge is 0.276 e. The normalized spacial score (nSPS) is 22.5. The summed E-state index contributed by atoms with van der Waals surface area (Å²) in [5, 5.41) is -0.158. The molecule has 1 unspecified atom stereocenters. The van der Waals surface area contributed by atoms with Crippen molar-refractivity contribution < 1.29 is 17.6 Å². The van der Waals surface area contributed by atoms with Crippen LogP contribution < -0.4 is 0 Å². The summed E-state index contributed by atoms with van der Waals surface area (Å²) in [5.74, 6) is 0.0275. The van der Waals surface area contributed by atoms with Gasteiger partial charge in [-0.25, -0.2) is 8.42 Å². The first-order chi connectivity index (χ1) is 8.98. The molecule has 1 atom stereocenters. The summed E-state index contributed by atoms with van der Waals surface area (Å²) in [7, 11) is -1.64. The maximum atomic E-state index is 12.4. The fraction of sp³-hybridized carbons (Fsp3) is 0.583. The van der Waals surface area contributed by atoms with Gasteiger partial charge in [0.15, 0.2) is 12.0 Å². The van der Waals surface area contributed by atoms with Crippen molar-refractivity contribution in [2.45, 2.75) is 24.5 Å². The molecule has 7 heteroatoms. The number of piperazine rings is 1. The zero-order valence-corrected chi connectivity index (χ0v) is 11.9. The van der Waals surface area contributed by atoms with E-state index >= 15 is 0 Å². The van der Waals surface area contributed by atoms with Gasteiger partial charge in [-0.05, 0) is 25.6 Å². The monoisotopic (exact) mass is 286 g/mol. The molecule has 0 bridgehead atoms. The number of hydrogen-bond acceptors (Lipinski definition) is 5. The molecule has 1 aliphatic heterocycles. The number of carbonyl (C=O) groups is 1. The van der Waals surface area contributed by atoms with Gasteiger partial charge >= 0.3 is 0 Å². The van der Waals surface area contributed by atoms with Crippen LogP contribution in [0, 0.1) is 0 Å².